The van der Waals surface area contributed by atoms with E-state index < -0.39 is 11.4 Å². The van der Waals surface area contributed by atoms with Crippen molar-refractivity contribution in [3.05, 3.63) is 59.1 Å². The minimum Gasteiger partial charge on any atom is -0.455 e. The largest absolute Gasteiger partial charge is 0.455 e. The number of halogens is 1. The predicted molar refractivity (Wildman–Crippen MR) is 110 cm³/mol. The van der Waals surface area contributed by atoms with Crippen molar-refractivity contribution < 1.29 is 19.1 Å². The van der Waals surface area contributed by atoms with Crippen molar-refractivity contribution in [3.63, 3.8) is 0 Å². The number of ether oxygens (including phenoxy) is 1. The first-order chi connectivity index (χ1) is 13.9. The van der Waals surface area contributed by atoms with Gasteiger partial charge in [-0.2, -0.15) is 0 Å². The molecule has 150 valence electrons. The zero-order chi connectivity index (χ0) is 20.6. The molecule has 1 aliphatic carbocycles. The summed E-state index contributed by atoms with van der Waals surface area (Å²) in [6.45, 7) is 1.43. The van der Waals surface area contributed by atoms with Gasteiger partial charge in [-0.3, -0.25) is 14.4 Å². The molecule has 0 bridgehead atoms. The normalized spacial score (nSPS) is 19.6. The van der Waals surface area contributed by atoms with E-state index >= 15 is 0 Å². The first-order valence-electron chi connectivity index (χ1n) is 9.55. The molecule has 2 aromatic carbocycles. The van der Waals surface area contributed by atoms with Gasteiger partial charge in [-0.05, 0) is 49.6 Å². The lowest BCUT2D eigenvalue weighted by atomic mass is 9.96. The zero-order valence-electron chi connectivity index (χ0n) is 16.0. The quantitative estimate of drug-likeness (QED) is 0.777. The molecular weight excluding hydrogens is 392 g/mol. The highest BCUT2D eigenvalue weighted by Crippen LogP contribution is 2.49. The van der Waals surface area contributed by atoms with Gasteiger partial charge < -0.3 is 15.0 Å². The highest BCUT2D eigenvalue weighted by Gasteiger charge is 2.53. The molecule has 0 unspecified atom stereocenters. The number of carbonyl (C=O) groups is 3. The number of nitrogens with one attached hydrogen (secondary N) is 1. The average Bonchev–Trinajstić information content (AvgIpc) is 3.50. The van der Waals surface area contributed by atoms with Crippen LogP contribution in [0.1, 0.15) is 31.7 Å². The third-order valence-corrected chi connectivity index (χ3v) is 5.74. The molecule has 0 aromatic heterocycles. The number of esters is 1. The fraction of sp³-hybridized carbons (Fsp3) is 0.318. The number of hydrogen-bond donors (Lipinski definition) is 1. The second-order valence-electron chi connectivity index (χ2n) is 7.55. The molecular formula is C22H21ClN2O4. The molecule has 0 spiro atoms. The lowest BCUT2D eigenvalue weighted by Crippen LogP contribution is -2.42. The Balaban J connectivity index is 1.49. The van der Waals surface area contributed by atoms with E-state index in [9.17, 15) is 14.4 Å². The summed E-state index contributed by atoms with van der Waals surface area (Å²) in [6, 6.07) is 13.9. The Morgan fingerprint density at radius 2 is 1.86 bits per heavy atom. The van der Waals surface area contributed by atoms with Crippen molar-refractivity contribution in [2.75, 3.05) is 16.8 Å². The number of para-hydroxylation sites is 2. The summed E-state index contributed by atoms with van der Waals surface area (Å²) in [6.07, 6.45) is 1.54. The number of fused-ring (bicyclic) bond motifs is 1. The van der Waals surface area contributed by atoms with Gasteiger partial charge >= 0.3 is 5.97 Å². The van der Waals surface area contributed by atoms with E-state index in [1.165, 1.54) is 4.90 Å². The van der Waals surface area contributed by atoms with Gasteiger partial charge in [-0.25, -0.2) is 0 Å². The summed E-state index contributed by atoms with van der Waals surface area (Å²) in [5, 5.41) is 3.41. The van der Waals surface area contributed by atoms with Gasteiger partial charge in [-0.15, -0.1) is 0 Å². The van der Waals surface area contributed by atoms with Gasteiger partial charge in [0.1, 0.15) is 0 Å². The molecule has 1 aliphatic heterocycles. The molecule has 2 aromatic rings. The van der Waals surface area contributed by atoms with E-state index in [4.69, 9.17) is 16.3 Å². The van der Waals surface area contributed by atoms with Crippen molar-refractivity contribution >= 4 is 40.8 Å². The summed E-state index contributed by atoms with van der Waals surface area (Å²) in [5.41, 5.74) is 1.33. The summed E-state index contributed by atoms with van der Waals surface area (Å²) >= 11 is 5.93. The van der Waals surface area contributed by atoms with Gasteiger partial charge in [0, 0.05) is 17.5 Å². The number of anilines is 2. The molecule has 1 saturated carbocycles. The number of hydrogen-bond acceptors (Lipinski definition) is 4. The van der Waals surface area contributed by atoms with Crippen LogP contribution >= 0.6 is 11.6 Å². The summed E-state index contributed by atoms with van der Waals surface area (Å²) < 4.78 is 5.43. The van der Waals surface area contributed by atoms with E-state index in [0.717, 1.165) is 5.56 Å². The van der Waals surface area contributed by atoms with Crippen LogP contribution in [0.4, 0.5) is 11.4 Å². The van der Waals surface area contributed by atoms with Crippen molar-refractivity contribution in [3.8, 4) is 0 Å². The maximum Gasteiger partial charge on any atom is 0.317 e. The lowest BCUT2D eigenvalue weighted by molar-refractivity contribution is -0.150. The smallest absolute Gasteiger partial charge is 0.317 e. The van der Waals surface area contributed by atoms with Crippen LogP contribution in [-0.2, 0) is 24.5 Å². The summed E-state index contributed by atoms with van der Waals surface area (Å²) in [4.78, 5) is 39.3. The lowest BCUT2D eigenvalue weighted by Gasteiger charge is -2.28. The Bertz CT molecular complexity index is 969. The third-order valence-electron chi connectivity index (χ3n) is 5.49. The molecule has 1 fully saturated rings. The molecule has 0 saturated heterocycles. The molecule has 7 heteroatoms. The van der Waals surface area contributed by atoms with Crippen molar-refractivity contribution in [1.29, 1.82) is 0 Å². The molecule has 0 radical (unpaired) electrons. The van der Waals surface area contributed by atoms with E-state index in [1.54, 1.807) is 43.3 Å². The zero-order valence-corrected chi connectivity index (χ0v) is 16.7. The van der Waals surface area contributed by atoms with Crippen molar-refractivity contribution in [1.82, 2.24) is 0 Å². The van der Waals surface area contributed by atoms with Gasteiger partial charge in [0.25, 0.3) is 5.91 Å². The number of benzene rings is 2. The summed E-state index contributed by atoms with van der Waals surface area (Å²) in [5.74, 6) is -0.920. The fourth-order valence-corrected chi connectivity index (χ4v) is 3.93. The number of amides is 2. The number of carbonyl (C=O) groups excluding carboxylic acids is 3. The monoisotopic (exact) mass is 412 g/mol. The van der Waals surface area contributed by atoms with Gasteiger partial charge in [0.05, 0.1) is 16.8 Å². The van der Waals surface area contributed by atoms with E-state index in [-0.39, 0.29) is 30.9 Å². The molecule has 4 rings (SSSR count). The van der Waals surface area contributed by atoms with Gasteiger partial charge in [-0.1, -0.05) is 35.9 Å². The Morgan fingerprint density at radius 1 is 1.17 bits per heavy atom. The first kappa shape index (κ1) is 19.5. The Labute approximate surface area is 173 Å². The van der Waals surface area contributed by atoms with E-state index in [1.807, 2.05) is 12.1 Å². The topological polar surface area (TPSA) is 75.7 Å². The van der Waals surface area contributed by atoms with Gasteiger partial charge in [0.15, 0.2) is 6.61 Å². The molecule has 2 aliphatic rings. The minimum atomic E-state index is -0.690. The van der Waals surface area contributed by atoms with Crippen LogP contribution in [0.15, 0.2) is 48.5 Å². The van der Waals surface area contributed by atoms with Crippen LogP contribution < -0.4 is 10.2 Å². The Hall–Kier alpha value is -2.86. The molecule has 1 heterocycles. The Kier molecular flexibility index (Phi) is 5.04. The second-order valence-corrected chi connectivity index (χ2v) is 7.98. The standard InChI is InChI=1S/C22H21ClN2O4/c1-14-12-19(26)24-17-4-2-3-5-18(17)25(14)20(27)13-29-21(28)22(10-11-22)15-6-8-16(23)9-7-15/h2-9,14H,10-13H2,1H3,(H,24,26)/t14-/m1/s1. The number of nitrogens with zero attached hydrogens (tertiary/aromatic N) is 1. The molecule has 6 nitrogen and oxygen atoms in total. The predicted octanol–water partition coefficient (Wildman–Crippen LogP) is 3.68. The van der Waals surface area contributed by atoms with Crippen LogP contribution in [0.3, 0.4) is 0 Å². The minimum absolute atomic E-state index is 0.156. The summed E-state index contributed by atoms with van der Waals surface area (Å²) in [7, 11) is 0. The molecule has 29 heavy (non-hydrogen) atoms. The highest BCUT2D eigenvalue weighted by molar-refractivity contribution is 6.30. The molecule has 1 atom stereocenters. The van der Waals surface area contributed by atoms with Crippen molar-refractivity contribution in [2.45, 2.75) is 37.6 Å². The van der Waals surface area contributed by atoms with E-state index in [2.05, 4.69) is 5.32 Å². The van der Waals surface area contributed by atoms with Crippen molar-refractivity contribution in [2.24, 2.45) is 0 Å². The second kappa shape index (κ2) is 7.52. The maximum absolute atomic E-state index is 13.0. The Morgan fingerprint density at radius 3 is 2.55 bits per heavy atom. The molecule has 2 amide bonds. The first-order valence-corrected chi connectivity index (χ1v) is 9.93. The van der Waals surface area contributed by atoms with Crippen LogP contribution in [0, 0.1) is 0 Å². The van der Waals surface area contributed by atoms with Crippen LogP contribution in [0.25, 0.3) is 0 Å². The van der Waals surface area contributed by atoms with Gasteiger partial charge in [0.2, 0.25) is 5.91 Å². The third kappa shape index (κ3) is 3.72. The number of rotatable bonds is 4. The van der Waals surface area contributed by atoms with Crippen LogP contribution in [-0.4, -0.2) is 30.4 Å². The molecule has 1 N–H and O–H groups in total. The highest BCUT2D eigenvalue weighted by atomic mass is 35.5. The van der Waals surface area contributed by atoms with Crippen LogP contribution in [0.5, 0.6) is 0 Å². The van der Waals surface area contributed by atoms with Crippen LogP contribution in [0.2, 0.25) is 5.02 Å². The average molecular weight is 413 g/mol. The SMILES string of the molecule is C[C@@H]1CC(=O)Nc2ccccc2N1C(=O)COC(=O)C1(c2ccc(Cl)cc2)CC1. The maximum atomic E-state index is 13.0. The van der Waals surface area contributed by atoms with E-state index in [0.29, 0.717) is 29.2 Å². The fourth-order valence-electron chi connectivity index (χ4n) is 3.81.